The fourth-order valence-corrected chi connectivity index (χ4v) is 4.27. The van der Waals surface area contributed by atoms with Gasteiger partial charge in [-0.2, -0.15) is 0 Å². The van der Waals surface area contributed by atoms with Gasteiger partial charge in [-0.15, -0.1) is 0 Å². The third-order valence-electron chi connectivity index (χ3n) is 5.63. The number of nitrogens with zero attached hydrogens (tertiary/aromatic N) is 1. The number of hydrogen-bond donors (Lipinski definition) is 2. The smallest absolute Gasteiger partial charge is 0.160 e. The van der Waals surface area contributed by atoms with Crippen molar-refractivity contribution in [3.63, 3.8) is 0 Å². The number of carbonyl (C=O) groups is 1. The van der Waals surface area contributed by atoms with Gasteiger partial charge < -0.3 is 10.5 Å². The van der Waals surface area contributed by atoms with Crippen molar-refractivity contribution < 1.29 is 10.0 Å². The highest BCUT2D eigenvalue weighted by Gasteiger charge is 2.29. The van der Waals surface area contributed by atoms with Gasteiger partial charge in [-0.25, -0.2) is 0 Å². The SMILES string of the molecule is Cc1cc2c(cc1C=NO)C(=CC(=O)C1CCCCCC1)NC(C)(C)C2. The summed E-state index contributed by atoms with van der Waals surface area (Å²) in [6.45, 7) is 6.35. The van der Waals surface area contributed by atoms with Crippen LogP contribution in [-0.4, -0.2) is 22.7 Å². The van der Waals surface area contributed by atoms with Crippen LogP contribution in [0, 0.1) is 12.8 Å². The third kappa shape index (κ3) is 4.17. The number of allylic oxidation sites excluding steroid dienone is 1. The first-order chi connectivity index (χ1) is 12.4. The first kappa shape index (κ1) is 18.7. The molecule has 0 aromatic heterocycles. The number of hydrogen-bond acceptors (Lipinski definition) is 4. The second kappa shape index (κ2) is 7.65. The molecule has 0 radical (unpaired) electrons. The molecule has 26 heavy (non-hydrogen) atoms. The first-order valence-corrected chi connectivity index (χ1v) is 9.75. The zero-order chi connectivity index (χ0) is 18.7. The van der Waals surface area contributed by atoms with Crippen LogP contribution in [0.4, 0.5) is 0 Å². The fraction of sp³-hybridized carbons (Fsp3) is 0.545. The quantitative estimate of drug-likeness (QED) is 0.274. The Kier molecular flexibility index (Phi) is 5.49. The summed E-state index contributed by atoms with van der Waals surface area (Å²) in [5.74, 6) is 0.403. The molecule has 0 saturated heterocycles. The Morgan fingerprint density at radius 3 is 2.58 bits per heavy atom. The zero-order valence-electron chi connectivity index (χ0n) is 16.1. The molecule has 0 atom stereocenters. The van der Waals surface area contributed by atoms with E-state index in [0.29, 0.717) is 0 Å². The molecule has 1 fully saturated rings. The van der Waals surface area contributed by atoms with Crippen LogP contribution in [-0.2, 0) is 11.2 Å². The molecule has 1 aliphatic heterocycles. The number of fused-ring (bicyclic) bond motifs is 1. The minimum Gasteiger partial charge on any atom is -0.411 e. The largest absolute Gasteiger partial charge is 0.411 e. The van der Waals surface area contributed by atoms with E-state index in [0.717, 1.165) is 54.5 Å². The zero-order valence-corrected chi connectivity index (χ0v) is 16.1. The van der Waals surface area contributed by atoms with E-state index in [4.69, 9.17) is 5.21 Å². The highest BCUT2D eigenvalue weighted by Crippen LogP contribution is 2.32. The predicted octanol–water partition coefficient (Wildman–Crippen LogP) is 4.61. The molecule has 140 valence electrons. The van der Waals surface area contributed by atoms with Crippen molar-refractivity contribution in [3.8, 4) is 0 Å². The van der Waals surface area contributed by atoms with Gasteiger partial charge in [0.25, 0.3) is 0 Å². The third-order valence-corrected chi connectivity index (χ3v) is 5.63. The Labute approximate surface area is 156 Å². The molecule has 1 aromatic rings. The van der Waals surface area contributed by atoms with E-state index >= 15 is 0 Å². The topological polar surface area (TPSA) is 61.7 Å². The summed E-state index contributed by atoms with van der Waals surface area (Å²) in [6.07, 6.45) is 11.0. The van der Waals surface area contributed by atoms with E-state index in [-0.39, 0.29) is 17.2 Å². The molecule has 1 aromatic carbocycles. The van der Waals surface area contributed by atoms with Crippen molar-refractivity contribution in [1.82, 2.24) is 5.32 Å². The minimum atomic E-state index is -0.0956. The molecule has 2 aliphatic rings. The summed E-state index contributed by atoms with van der Waals surface area (Å²) in [7, 11) is 0. The average Bonchev–Trinajstić information content (AvgIpc) is 2.85. The lowest BCUT2D eigenvalue weighted by Gasteiger charge is -2.36. The van der Waals surface area contributed by atoms with Crippen LogP contribution in [0.5, 0.6) is 0 Å². The van der Waals surface area contributed by atoms with Gasteiger partial charge in [-0.3, -0.25) is 4.79 Å². The lowest BCUT2D eigenvalue weighted by Crippen LogP contribution is -2.44. The maximum atomic E-state index is 12.9. The average molecular weight is 354 g/mol. The number of oxime groups is 1. The Hall–Kier alpha value is -2.10. The molecule has 0 spiro atoms. The van der Waals surface area contributed by atoms with E-state index in [1.165, 1.54) is 24.6 Å². The Balaban J connectivity index is 1.98. The molecule has 0 unspecified atom stereocenters. The molecule has 0 bridgehead atoms. The maximum absolute atomic E-state index is 12.9. The summed E-state index contributed by atoms with van der Waals surface area (Å²) in [5.41, 5.74) is 5.04. The summed E-state index contributed by atoms with van der Waals surface area (Å²) < 4.78 is 0. The Morgan fingerprint density at radius 2 is 1.92 bits per heavy atom. The number of rotatable bonds is 3. The van der Waals surface area contributed by atoms with Crippen LogP contribution >= 0.6 is 0 Å². The molecular formula is C22H30N2O2. The molecule has 4 heteroatoms. The number of carbonyl (C=O) groups excluding carboxylic acids is 1. The molecule has 1 aliphatic carbocycles. The van der Waals surface area contributed by atoms with Gasteiger partial charge in [-0.1, -0.05) is 36.9 Å². The van der Waals surface area contributed by atoms with Gasteiger partial charge in [0.2, 0.25) is 0 Å². The van der Waals surface area contributed by atoms with E-state index in [1.54, 1.807) is 0 Å². The lowest BCUT2D eigenvalue weighted by molar-refractivity contribution is -0.118. The van der Waals surface area contributed by atoms with Gasteiger partial charge in [0.1, 0.15) is 0 Å². The number of benzene rings is 1. The maximum Gasteiger partial charge on any atom is 0.160 e. The number of aryl methyl sites for hydroxylation is 1. The fourth-order valence-electron chi connectivity index (χ4n) is 4.27. The van der Waals surface area contributed by atoms with Crippen molar-refractivity contribution in [2.75, 3.05) is 0 Å². The Morgan fingerprint density at radius 1 is 1.23 bits per heavy atom. The van der Waals surface area contributed by atoms with E-state index in [2.05, 4.69) is 30.4 Å². The molecule has 1 saturated carbocycles. The van der Waals surface area contributed by atoms with Crippen LogP contribution < -0.4 is 5.32 Å². The molecule has 4 nitrogen and oxygen atoms in total. The monoisotopic (exact) mass is 354 g/mol. The molecule has 0 amide bonds. The molecule has 3 rings (SSSR count). The van der Waals surface area contributed by atoms with E-state index in [1.807, 2.05) is 19.1 Å². The molecular weight excluding hydrogens is 324 g/mol. The molecule has 1 heterocycles. The van der Waals surface area contributed by atoms with E-state index in [9.17, 15) is 4.79 Å². The highest BCUT2D eigenvalue weighted by molar-refractivity contribution is 5.99. The van der Waals surface area contributed by atoms with Gasteiger partial charge >= 0.3 is 0 Å². The second-order valence-electron chi connectivity index (χ2n) is 8.45. The van der Waals surface area contributed by atoms with Crippen molar-refractivity contribution in [1.29, 1.82) is 0 Å². The van der Waals surface area contributed by atoms with Crippen molar-refractivity contribution in [3.05, 3.63) is 40.5 Å². The van der Waals surface area contributed by atoms with Gasteiger partial charge in [-0.05, 0) is 62.8 Å². The second-order valence-corrected chi connectivity index (χ2v) is 8.45. The standard InChI is InChI=1S/C22H30N2O2/c1-15-10-17-13-22(2,3)24-20(19(17)11-18(15)14-23-26)12-21(25)16-8-6-4-5-7-9-16/h10-12,14,16,24,26H,4-9,13H2,1-3H3. The molecule has 2 N–H and O–H groups in total. The number of nitrogens with one attached hydrogen (secondary N) is 1. The summed E-state index contributed by atoms with van der Waals surface area (Å²) in [6, 6.07) is 4.18. The van der Waals surface area contributed by atoms with Crippen molar-refractivity contribution >= 4 is 17.7 Å². The van der Waals surface area contributed by atoms with Crippen LogP contribution in [0.25, 0.3) is 5.70 Å². The predicted molar refractivity (Wildman–Crippen MR) is 106 cm³/mol. The van der Waals surface area contributed by atoms with Crippen LogP contribution in [0.2, 0.25) is 0 Å². The Bertz CT molecular complexity index is 739. The summed E-state index contributed by atoms with van der Waals surface area (Å²) >= 11 is 0. The minimum absolute atomic E-state index is 0.0956. The van der Waals surface area contributed by atoms with Crippen molar-refractivity contribution in [2.45, 2.75) is 71.3 Å². The van der Waals surface area contributed by atoms with Crippen LogP contribution in [0.3, 0.4) is 0 Å². The van der Waals surface area contributed by atoms with Crippen LogP contribution in [0.15, 0.2) is 23.4 Å². The normalized spacial score (nSPS) is 22.0. The first-order valence-electron chi connectivity index (χ1n) is 9.75. The lowest BCUT2D eigenvalue weighted by atomic mass is 9.83. The van der Waals surface area contributed by atoms with Crippen molar-refractivity contribution in [2.24, 2.45) is 11.1 Å². The highest BCUT2D eigenvalue weighted by atomic mass is 16.4. The van der Waals surface area contributed by atoms with Gasteiger partial charge in [0.05, 0.1) is 6.21 Å². The van der Waals surface area contributed by atoms with Gasteiger partial charge in [0.15, 0.2) is 5.78 Å². The van der Waals surface area contributed by atoms with Gasteiger partial charge in [0, 0.05) is 28.8 Å². The summed E-state index contributed by atoms with van der Waals surface area (Å²) in [4.78, 5) is 12.9. The number of ketones is 1. The van der Waals surface area contributed by atoms with Crippen LogP contribution in [0.1, 0.15) is 74.6 Å². The summed E-state index contributed by atoms with van der Waals surface area (Å²) in [5, 5.41) is 15.7. The van der Waals surface area contributed by atoms with E-state index < -0.39 is 0 Å².